The highest BCUT2D eigenvalue weighted by molar-refractivity contribution is 5.73. The van der Waals surface area contributed by atoms with Crippen LogP contribution in [0.25, 0.3) is 0 Å². The third-order valence-electron chi connectivity index (χ3n) is 2.59. The van der Waals surface area contributed by atoms with E-state index in [1.807, 2.05) is 24.3 Å². The number of hydrogen-bond acceptors (Lipinski definition) is 4. The third-order valence-corrected chi connectivity index (χ3v) is 2.59. The van der Waals surface area contributed by atoms with Crippen molar-refractivity contribution in [1.29, 1.82) is 0 Å². The quantitative estimate of drug-likeness (QED) is 0.581. The molecule has 116 valence electrons. The number of urea groups is 1. The summed E-state index contributed by atoms with van der Waals surface area (Å²) in [5, 5.41) is 13.6. The SMILES string of the molecule is COc1cccc(CCNC(=O)NCCOCC(=O)O)c1. The van der Waals surface area contributed by atoms with E-state index in [4.69, 9.17) is 14.6 Å². The smallest absolute Gasteiger partial charge is 0.329 e. The Morgan fingerprint density at radius 1 is 1.24 bits per heavy atom. The molecule has 0 fully saturated rings. The van der Waals surface area contributed by atoms with E-state index < -0.39 is 5.97 Å². The first kappa shape index (κ1) is 16.8. The predicted molar refractivity (Wildman–Crippen MR) is 76.6 cm³/mol. The molecule has 21 heavy (non-hydrogen) atoms. The van der Waals surface area contributed by atoms with Crippen LogP contribution in [0.5, 0.6) is 5.75 Å². The van der Waals surface area contributed by atoms with E-state index >= 15 is 0 Å². The van der Waals surface area contributed by atoms with Gasteiger partial charge in [0, 0.05) is 13.1 Å². The lowest BCUT2D eigenvalue weighted by molar-refractivity contribution is -0.142. The van der Waals surface area contributed by atoms with Crippen molar-refractivity contribution in [2.75, 3.05) is 33.4 Å². The van der Waals surface area contributed by atoms with E-state index in [0.29, 0.717) is 13.0 Å². The molecule has 1 aromatic rings. The van der Waals surface area contributed by atoms with Crippen LogP contribution in [0, 0.1) is 0 Å². The number of aliphatic carboxylic acids is 1. The summed E-state index contributed by atoms with van der Waals surface area (Å²) >= 11 is 0. The molecule has 1 aromatic carbocycles. The predicted octanol–water partition coefficient (Wildman–Crippen LogP) is 0.638. The number of hydrogen-bond donors (Lipinski definition) is 3. The number of carbonyl (C=O) groups excluding carboxylic acids is 1. The maximum atomic E-state index is 11.4. The average molecular weight is 296 g/mol. The van der Waals surface area contributed by atoms with E-state index in [2.05, 4.69) is 10.6 Å². The second-order valence-corrected chi connectivity index (χ2v) is 4.23. The molecule has 0 aliphatic carbocycles. The molecule has 0 aliphatic rings. The molecule has 0 bridgehead atoms. The summed E-state index contributed by atoms with van der Waals surface area (Å²) in [7, 11) is 1.61. The minimum absolute atomic E-state index is 0.162. The Kier molecular flexibility index (Phi) is 7.67. The Labute approximate surface area is 123 Å². The van der Waals surface area contributed by atoms with Gasteiger partial charge in [0.25, 0.3) is 0 Å². The van der Waals surface area contributed by atoms with E-state index in [1.54, 1.807) is 7.11 Å². The summed E-state index contributed by atoms with van der Waals surface area (Å²) in [6.45, 7) is 0.558. The maximum Gasteiger partial charge on any atom is 0.329 e. The fourth-order valence-electron chi connectivity index (χ4n) is 1.61. The zero-order valence-corrected chi connectivity index (χ0v) is 11.9. The van der Waals surface area contributed by atoms with Crippen LogP contribution in [0.3, 0.4) is 0 Å². The third kappa shape index (κ3) is 7.78. The van der Waals surface area contributed by atoms with Gasteiger partial charge in [0.2, 0.25) is 0 Å². The van der Waals surface area contributed by atoms with Crippen LogP contribution in [0.4, 0.5) is 4.79 Å². The topological polar surface area (TPSA) is 96.9 Å². The van der Waals surface area contributed by atoms with Crippen LogP contribution >= 0.6 is 0 Å². The molecule has 0 heterocycles. The van der Waals surface area contributed by atoms with Crippen molar-refractivity contribution >= 4 is 12.0 Å². The maximum absolute atomic E-state index is 11.4. The van der Waals surface area contributed by atoms with Gasteiger partial charge in [0.15, 0.2) is 0 Å². The highest BCUT2D eigenvalue weighted by atomic mass is 16.5. The molecular weight excluding hydrogens is 276 g/mol. The molecule has 0 aromatic heterocycles. The van der Waals surface area contributed by atoms with Crippen LogP contribution < -0.4 is 15.4 Å². The van der Waals surface area contributed by atoms with Gasteiger partial charge in [-0.3, -0.25) is 0 Å². The number of benzene rings is 1. The van der Waals surface area contributed by atoms with Gasteiger partial charge in [-0.1, -0.05) is 12.1 Å². The number of methoxy groups -OCH3 is 1. The molecule has 0 radical (unpaired) electrons. The molecule has 0 spiro atoms. The summed E-state index contributed by atoms with van der Waals surface area (Å²) < 4.78 is 9.91. The number of ether oxygens (including phenoxy) is 2. The standard InChI is InChI=1S/C14H20N2O5/c1-20-12-4-2-3-11(9-12)5-6-15-14(19)16-7-8-21-10-13(17)18/h2-4,9H,5-8,10H2,1H3,(H,17,18)(H2,15,16,19). The minimum Gasteiger partial charge on any atom is -0.497 e. The molecule has 2 amide bonds. The van der Waals surface area contributed by atoms with Crippen molar-refractivity contribution < 1.29 is 24.2 Å². The van der Waals surface area contributed by atoms with Crippen molar-refractivity contribution in [3.63, 3.8) is 0 Å². The molecule has 1 rings (SSSR count). The number of carboxylic acid groups (broad SMARTS) is 1. The van der Waals surface area contributed by atoms with Crippen molar-refractivity contribution in [2.24, 2.45) is 0 Å². The largest absolute Gasteiger partial charge is 0.497 e. The van der Waals surface area contributed by atoms with Crippen LogP contribution in [0.2, 0.25) is 0 Å². The van der Waals surface area contributed by atoms with E-state index in [0.717, 1.165) is 11.3 Å². The number of carboxylic acids is 1. The highest BCUT2D eigenvalue weighted by Crippen LogP contribution is 2.12. The van der Waals surface area contributed by atoms with Crippen LogP contribution in [0.15, 0.2) is 24.3 Å². The summed E-state index contributed by atoms with van der Waals surface area (Å²) in [4.78, 5) is 21.6. The normalized spacial score (nSPS) is 9.95. The summed E-state index contributed by atoms with van der Waals surface area (Å²) in [6.07, 6.45) is 0.695. The summed E-state index contributed by atoms with van der Waals surface area (Å²) in [5.41, 5.74) is 1.07. The molecule has 0 atom stereocenters. The summed E-state index contributed by atoms with van der Waals surface area (Å²) in [6, 6.07) is 7.33. The minimum atomic E-state index is -1.03. The molecule has 7 nitrogen and oxygen atoms in total. The van der Waals surface area contributed by atoms with Gasteiger partial charge in [-0.2, -0.15) is 0 Å². The zero-order chi connectivity index (χ0) is 15.5. The van der Waals surface area contributed by atoms with Crippen molar-refractivity contribution in [1.82, 2.24) is 10.6 Å². The fourth-order valence-corrected chi connectivity index (χ4v) is 1.61. The second kappa shape index (κ2) is 9.60. The van der Waals surface area contributed by atoms with Gasteiger partial charge >= 0.3 is 12.0 Å². The monoisotopic (exact) mass is 296 g/mol. The number of carbonyl (C=O) groups is 2. The molecule has 0 saturated carbocycles. The van der Waals surface area contributed by atoms with Gasteiger partial charge in [-0.05, 0) is 24.1 Å². The molecule has 0 aliphatic heterocycles. The van der Waals surface area contributed by atoms with Gasteiger partial charge in [-0.25, -0.2) is 9.59 Å². The zero-order valence-electron chi connectivity index (χ0n) is 11.9. The lowest BCUT2D eigenvalue weighted by Gasteiger charge is -2.08. The van der Waals surface area contributed by atoms with Gasteiger partial charge in [0.05, 0.1) is 13.7 Å². The Morgan fingerprint density at radius 2 is 2.00 bits per heavy atom. The van der Waals surface area contributed by atoms with E-state index in [9.17, 15) is 9.59 Å². The Morgan fingerprint density at radius 3 is 2.71 bits per heavy atom. The summed E-state index contributed by atoms with van der Waals surface area (Å²) in [5.74, 6) is -0.245. The first-order valence-corrected chi connectivity index (χ1v) is 6.56. The number of rotatable bonds is 9. The van der Waals surface area contributed by atoms with Crippen LogP contribution in [-0.2, 0) is 16.0 Å². The van der Waals surface area contributed by atoms with Crippen molar-refractivity contribution in [3.05, 3.63) is 29.8 Å². The van der Waals surface area contributed by atoms with Crippen molar-refractivity contribution in [2.45, 2.75) is 6.42 Å². The highest BCUT2D eigenvalue weighted by Gasteiger charge is 2.01. The van der Waals surface area contributed by atoms with Crippen LogP contribution in [0.1, 0.15) is 5.56 Å². The molecular formula is C14H20N2O5. The first-order valence-electron chi connectivity index (χ1n) is 6.56. The Bertz CT molecular complexity index is 464. The average Bonchev–Trinajstić information content (AvgIpc) is 2.47. The van der Waals surface area contributed by atoms with Gasteiger partial charge in [-0.15, -0.1) is 0 Å². The van der Waals surface area contributed by atoms with Gasteiger partial charge in [0.1, 0.15) is 12.4 Å². The molecule has 3 N–H and O–H groups in total. The molecule has 0 unspecified atom stereocenters. The van der Waals surface area contributed by atoms with E-state index in [1.165, 1.54) is 0 Å². The number of amides is 2. The number of nitrogens with one attached hydrogen (secondary N) is 2. The molecule has 7 heteroatoms. The van der Waals surface area contributed by atoms with Crippen molar-refractivity contribution in [3.8, 4) is 5.75 Å². The van der Waals surface area contributed by atoms with Crippen LogP contribution in [-0.4, -0.2) is 50.5 Å². The fraction of sp³-hybridized carbons (Fsp3) is 0.429. The molecule has 0 saturated heterocycles. The lowest BCUT2D eigenvalue weighted by atomic mass is 10.1. The second-order valence-electron chi connectivity index (χ2n) is 4.23. The first-order chi connectivity index (χ1) is 10.1. The Hall–Kier alpha value is -2.28. The van der Waals surface area contributed by atoms with Gasteiger partial charge < -0.3 is 25.2 Å². The lowest BCUT2D eigenvalue weighted by Crippen LogP contribution is -2.38. The van der Waals surface area contributed by atoms with E-state index in [-0.39, 0.29) is 25.8 Å². The Balaban J connectivity index is 2.11.